The Balaban J connectivity index is 0.770. The first-order chi connectivity index (χ1) is 27.8. The van der Waals surface area contributed by atoms with E-state index in [9.17, 15) is 9.59 Å². The number of aromatic nitrogens is 3. The number of anilines is 6. The van der Waals surface area contributed by atoms with Gasteiger partial charge in [0.15, 0.2) is 0 Å². The van der Waals surface area contributed by atoms with Gasteiger partial charge in [-0.2, -0.15) is 0 Å². The number of pyridine rings is 1. The number of carbonyl (C=O) groups is 2. The third-order valence-electron chi connectivity index (χ3n) is 12.0. The molecule has 0 atom stereocenters. The Morgan fingerprint density at radius 2 is 1.63 bits per heavy atom. The highest BCUT2D eigenvalue weighted by Gasteiger charge is 2.28. The predicted molar refractivity (Wildman–Crippen MR) is 226 cm³/mol. The lowest BCUT2D eigenvalue weighted by Crippen LogP contribution is -2.50. The van der Waals surface area contributed by atoms with Gasteiger partial charge in [-0.25, -0.2) is 19.7 Å². The predicted octanol–water partition coefficient (Wildman–Crippen LogP) is 6.65. The number of rotatable bonds is 8. The Morgan fingerprint density at radius 1 is 0.825 bits per heavy atom. The number of fused-ring (bicyclic) bond motifs is 2. The van der Waals surface area contributed by atoms with Crippen molar-refractivity contribution in [2.45, 2.75) is 40.0 Å². The van der Waals surface area contributed by atoms with Crippen molar-refractivity contribution in [3.63, 3.8) is 0 Å². The van der Waals surface area contributed by atoms with Crippen molar-refractivity contribution >= 4 is 57.2 Å². The van der Waals surface area contributed by atoms with E-state index in [1.54, 1.807) is 4.90 Å². The molecule has 3 N–H and O–H groups in total. The van der Waals surface area contributed by atoms with Crippen LogP contribution in [0.1, 0.15) is 36.0 Å². The molecule has 3 fully saturated rings. The van der Waals surface area contributed by atoms with Crippen LogP contribution in [0.4, 0.5) is 39.2 Å². The van der Waals surface area contributed by atoms with Crippen molar-refractivity contribution in [1.82, 2.24) is 25.2 Å². The van der Waals surface area contributed by atoms with Crippen LogP contribution in [-0.4, -0.2) is 97.3 Å². The molecule has 6 heterocycles. The van der Waals surface area contributed by atoms with Gasteiger partial charge in [-0.15, -0.1) is 0 Å². The molecule has 4 aliphatic heterocycles. The summed E-state index contributed by atoms with van der Waals surface area (Å²) in [6.45, 7) is 15.5. The zero-order chi connectivity index (χ0) is 39.0. The Morgan fingerprint density at radius 3 is 2.42 bits per heavy atom. The molecule has 0 unspecified atom stereocenters. The van der Waals surface area contributed by atoms with E-state index in [0.29, 0.717) is 37.3 Å². The number of aryl methyl sites for hydroxylation is 2. The molecule has 9 rings (SSSR count). The average Bonchev–Trinajstić information content (AvgIpc) is 3.22. The van der Waals surface area contributed by atoms with E-state index in [1.807, 2.05) is 25.4 Å². The summed E-state index contributed by atoms with van der Waals surface area (Å²) in [6, 6.07) is 18.8. The second kappa shape index (κ2) is 15.5. The molecule has 13 nitrogen and oxygen atoms in total. The maximum absolute atomic E-state index is 12.4. The molecule has 3 aromatic carbocycles. The van der Waals surface area contributed by atoms with E-state index in [-0.39, 0.29) is 11.9 Å². The van der Waals surface area contributed by atoms with Gasteiger partial charge in [-0.1, -0.05) is 12.1 Å². The number of carbonyl (C=O) groups excluding carboxylic acids is 2. The minimum atomic E-state index is -0.338. The van der Waals surface area contributed by atoms with Crippen LogP contribution in [0.2, 0.25) is 0 Å². The van der Waals surface area contributed by atoms with Crippen LogP contribution >= 0.6 is 0 Å². The van der Waals surface area contributed by atoms with Crippen molar-refractivity contribution in [3.8, 4) is 17.0 Å². The number of nitrogens with one attached hydrogen (secondary N) is 3. The lowest BCUT2D eigenvalue weighted by molar-refractivity contribution is -0.120. The van der Waals surface area contributed by atoms with Crippen LogP contribution in [0.3, 0.4) is 0 Å². The number of hydrogen-bond acceptors (Lipinski definition) is 11. The maximum Gasteiger partial charge on any atom is 0.328 e. The normalized spacial score (nSPS) is 17.9. The van der Waals surface area contributed by atoms with Gasteiger partial charge in [0.1, 0.15) is 12.3 Å². The van der Waals surface area contributed by atoms with Crippen LogP contribution in [-0.2, 0) is 4.79 Å². The lowest BCUT2D eigenvalue weighted by atomic mass is 9.95. The standard InChI is InChI=1S/C44H50N10O3/c1-28-22-34(48-43-47-25-33-5-4-32(24-37(33)49-43)36-26-46-42-41(30(36)3)45-13-21-57-42)6-8-38(28)53-14-10-31(11-15-53)27-51-17-19-52(20-18-51)35-7-9-39(29(2)23-35)54-16-12-40(55)50-44(54)56/h4-9,22-26,31,45H,10-21,27H2,1-3H3,(H,47,48,49)(H,50,55,56). The summed E-state index contributed by atoms with van der Waals surface area (Å²) < 4.78 is 5.73. The molecule has 2 aromatic heterocycles. The third kappa shape index (κ3) is 7.63. The fourth-order valence-corrected chi connectivity index (χ4v) is 8.82. The Bertz CT molecular complexity index is 2330. The molecule has 3 saturated heterocycles. The highest BCUT2D eigenvalue weighted by atomic mass is 16.5. The van der Waals surface area contributed by atoms with Crippen LogP contribution in [0.15, 0.2) is 67.0 Å². The van der Waals surface area contributed by atoms with E-state index in [0.717, 1.165) is 103 Å². The van der Waals surface area contributed by atoms with Crippen molar-refractivity contribution in [1.29, 1.82) is 0 Å². The summed E-state index contributed by atoms with van der Waals surface area (Å²) in [5.41, 5.74) is 11.7. The number of amides is 3. The lowest BCUT2D eigenvalue weighted by Gasteiger charge is -2.40. The minimum absolute atomic E-state index is 0.211. The van der Waals surface area contributed by atoms with Crippen LogP contribution in [0.5, 0.6) is 5.88 Å². The van der Waals surface area contributed by atoms with Crippen molar-refractivity contribution in [2.75, 3.05) is 90.8 Å². The number of imide groups is 1. The van der Waals surface area contributed by atoms with Crippen LogP contribution in [0.25, 0.3) is 22.0 Å². The Kier molecular flexibility index (Phi) is 9.99. The number of ether oxygens (including phenoxy) is 1. The molecule has 0 aliphatic carbocycles. The van der Waals surface area contributed by atoms with E-state index < -0.39 is 0 Å². The van der Waals surface area contributed by atoms with E-state index in [4.69, 9.17) is 9.72 Å². The van der Waals surface area contributed by atoms with Gasteiger partial charge in [0.2, 0.25) is 17.7 Å². The van der Waals surface area contributed by atoms with Crippen molar-refractivity contribution in [2.24, 2.45) is 5.92 Å². The summed E-state index contributed by atoms with van der Waals surface area (Å²) in [5, 5.41) is 10.3. The zero-order valence-corrected chi connectivity index (χ0v) is 33.0. The number of benzene rings is 3. The fraction of sp³-hybridized carbons (Fsp3) is 0.386. The van der Waals surface area contributed by atoms with Gasteiger partial charge < -0.3 is 25.2 Å². The first-order valence-electron chi connectivity index (χ1n) is 20.2. The summed E-state index contributed by atoms with van der Waals surface area (Å²) in [5.74, 6) is 1.72. The second-order valence-corrected chi connectivity index (χ2v) is 15.8. The number of piperazine rings is 1. The second-order valence-electron chi connectivity index (χ2n) is 15.8. The first-order valence-corrected chi connectivity index (χ1v) is 20.2. The van der Waals surface area contributed by atoms with E-state index in [2.05, 4.69) is 103 Å². The summed E-state index contributed by atoms with van der Waals surface area (Å²) in [7, 11) is 0. The maximum atomic E-state index is 12.4. The van der Waals surface area contributed by atoms with Gasteiger partial charge in [-0.05, 0) is 104 Å². The van der Waals surface area contributed by atoms with E-state index in [1.165, 1.54) is 29.8 Å². The van der Waals surface area contributed by atoms with Crippen molar-refractivity contribution < 1.29 is 14.3 Å². The van der Waals surface area contributed by atoms with Gasteiger partial charge in [0.05, 0.1) is 5.52 Å². The average molecular weight is 767 g/mol. The third-order valence-corrected chi connectivity index (χ3v) is 12.0. The molecule has 57 heavy (non-hydrogen) atoms. The first kappa shape index (κ1) is 36.7. The van der Waals surface area contributed by atoms with Crippen LogP contribution < -0.4 is 35.4 Å². The monoisotopic (exact) mass is 766 g/mol. The Labute approximate surface area is 333 Å². The molecular formula is C44H50N10O3. The van der Waals surface area contributed by atoms with Gasteiger partial charge in [-0.3, -0.25) is 19.9 Å². The zero-order valence-electron chi connectivity index (χ0n) is 33.0. The summed E-state index contributed by atoms with van der Waals surface area (Å²) in [4.78, 5) is 47.3. The fourth-order valence-electron chi connectivity index (χ4n) is 8.82. The largest absolute Gasteiger partial charge is 0.474 e. The number of hydrogen-bond donors (Lipinski definition) is 3. The summed E-state index contributed by atoms with van der Waals surface area (Å²) in [6.07, 6.45) is 6.46. The molecule has 13 heteroatoms. The highest BCUT2D eigenvalue weighted by molar-refractivity contribution is 6.06. The summed E-state index contributed by atoms with van der Waals surface area (Å²) >= 11 is 0. The van der Waals surface area contributed by atoms with Gasteiger partial charge in [0, 0.05) is 111 Å². The SMILES string of the molecule is Cc1cc(Nc2ncc3ccc(-c4cnc5c(c4C)NCCO5)cc3n2)ccc1N1CCC(CN2CCN(c3ccc(N4CCC(=O)NC4=O)c(C)c3)CC2)CC1. The number of urea groups is 1. The molecule has 0 bridgehead atoms. The molecule has 0 saturated carbocycles. The van der Waals surface area contributed by atoms with Crippen molar-refractivity contribution in [3.05, 3.63) is 83.7 Å². The molecule has 5 aromatic rings. The molecule has 4 aliphatic rings. The van der Waals surface area contributed by atoms with E-state index >= 15 is 0 Å². The number of piperidine rings is 1. The molecular weight excluding hydrogens is 717 g/mol. The number of nitrogens with zero attached hydrogens (tertiary/aromatic N) is 7. The smallest absolute Gasteiger partial charge is 0.328 e. The topological polar surface area (TPSA) is 131 Å². The van der Waals surface area contributed by atoms with Crippen LogP contribution in [0, 0.1) is 26.7 Å². The molecule has 0 radical (unpaired) electrons. The molecule has 3 amide bonds. The quantitative estimate of drug-likeness (QED) is 0.157. The molecule has 294 valence electrons. The Hall–Kier alpha value is -5.95. The molecule has 0 spiro atoms. The van der Waals surface area contributed by atoms with Gasteiger partial charge >= 0.3 is 6.03 Å². The van der Waals surface area contributed by atoms with Gasteiger partial charge in [0.25, 0.3) is 0 Å². The minimum Gasteiger partial charge on any atom is -0.474 e. The highest BCUT2D eigenvalue weighted by Crippen LogP contribution is 2.36.